The number of carbonyl (C=O) groups is 1. The normalized spacial score (nSPS) is 28.4. The highest BCUT2D eigenvalue weighted by molar-refractivity contribution is 5.64. The van der Waals surface area contributed by atoms with Crippen molar-refractivity contribution in [2.24, 2.45) is 11.7 Å². The molecule has 88 valence electrons. The predicted molar refractivity (Wildman–Crippen MR) is 54.2 cm³/mol. The standard InChI is InChI=1S/C10H19NO4/c1-13-8-5-3-7(4-6-8)9(14-2)15-10(11)12/h7-9H,3-6H2,1-2H3,(H2,11,12). The van der Waals surface area contributed by atoms with Gasteiger partial charge in [-0.15, -0.1) is 0 Å². The van der Waals surface area contributed by atoms with E-state index in [9.17, 15) is 4.79 Å². The second-order valence-electron chi connectivity index (χ2n) is 3.81. The fraction of sp³-hybridized carbons (Fsp3) is 0.900. The SMILES string of the molecule is COC1CCC(C(OC)OC(N)=O)CC1. The molecule has 0 aromatic rings. The number of rotatable bonds is 4. The first kappa shape index (κ1) is 12.3. The molecule has 0 aromatic carbocycles. The molecular weight excluding hydrogens is 198 g/mol. The van der Waals surface area contributed by atoms with Gasteiger partial charge < -0.3 is 19.9 Å². The van der Waals surface area contributed by atoms with E-state index in [0.717, 1.165) is 25.7 Å². The smallest absolute Gasteiger partial charge is 0.406 e. The maximum Gasteiger partial charge on any atom is 0.406 e. The van der Waals surface area contributed by atoms with Gasteiger partial charge >= 0.3 is 6.09 Å². The molecule has 0 saturated heterocycles. The zero-order valence-electron chi connectivity index (χ0n) is 9.27. The molecule has 2 N–H and O–H groups in total. The zero-order chi connectivity index (χ0) is 11.3. The largest absolute Gasteiger partial charge is 0.419 e. The maximum atomic E-state index is 10.6. The molecule has 15 heavy (non-hydrogen) atoms. The molecule has 1 atom stereocenters. The van der Waals surface area contributed by atoms with E-state index in [4.69, 9.17) is 19.9 Å². The molecule has 1 unspecified atom stereocenters. The summed E-state index contributed by atoms with van der Waals surface area (Å²) < 4.78 is 15.2. The first-order valence-electron chi connectivity index (χ1n) is 5.19. The van der Waals surface area contributed by atoms with Crippen molar-refractivity contribution in [3.8, 4) is 0 Å². The van der Waals surface area contributed by atoms with Crippen LogP contribution in [-0.4, -0.2) is 32.7 Å². The Bertz CT molecular complexity index is 202. The van der Waals surface area contributed by atoms with Crippen LogP contribution in [0.3, 0.4) is 0 Å². The number of methoxy groups -OCH3 is 2. The van der Waals surface area contributed by atoms with Gasteiger partial charge in [0, 0.05) is 20.1 Å². The van der Waals surface area contributed by atoms with Crippen LogP contribution in [0.2, 0.25) is 0 Å². The van der Waals surface area contributed by atoms with Crippen molar-refractivity contribution in [3.05, 3.63) is 0 Å². The average molecular weight is 217 g/mol. The average Bonchev–Trinajstić information content (AvgIpc) is 2.26. The first-order chi connectivity index (χ1) is 7.17. The summed E-state index contributed by atoms with van der Waals surface area (Å²) in [6.07, 6.45) is 2.85. The molecule has 0 bridgehead atoms. The van der Waals surface area contributed by atoms with Crippen molar-refractivity contribution in [1.29, 1.82) is 0 Å². The molecule has 1 saturated carbocycles. The van der Waals surface area contributed by atoms with Crippen LogP contribution >= 0.6 is 0 Å². The van der Waals surface area contributed by atoms with Crippen molar-refractivity contribution < 1.29 is 19.0 Å². The lowest BCUT2D eigenvalue weighted by atomic mass is 9.87. The molecule has 1 rings (SSSR count). The summed E-state index contributed by atoms with van der Waals surface area (Å²) in [5.41, 5.74) is 4.96. The zero-order valence-corrected chi connectivity index (χ0v) is 9.27. The second-order valence-corrected chi connectivity index (χ2v) is 3.81. The third kappa shape index (κ3) is 3.68. The third-order valence-electron chi connectivity index (χ3n) is 2.90. The van der Waals surface area contributed by atoms with Crippen molar-refractivity contribution in [2.75, 3.05) is 14.2 Å². The Hall–Kier alpha value is -0.810. The van der Waals surface area contributed by atoms with E-state index < -0.39 is 12.4 Å². The Labute approximate surface area is 89.9 Å². The highest BCUT2D eigenvalue weighted by Gasteiger charge is 2.29. The molecule has 5 nitrogen and oxygen atoms in total. The lowest BCUT2D eigenvalue weighted by Crippen LogP contribution is -2.34. The fourth-order valence-corrected chi connectivity index (χ4v) is 2.05. The molecule has 5 heteroatoms. The maximum absolute atomic E-state index is 10.6. The summed E-state index contributed by atoms with van der Waals surface area (Å²) in [6.45, 7) is 0. The summed E-state index contributed by atoms with van der Waals surface area (Å²) in [4.78, 5) is 10.6. The predicted octanol–water partition coefficient (Wildman–Crippen LogP) is 1.26. The lowest BCUT2D eigenvalue weighted by molar-refractivity contribution is -0.128. The van der Waals surface area contributed by atoms with Crippen molar-refractivity contribution in [1.82, 2.24) is 0 Å². The van der Waals surface area contributed by atoms with Gasteiger partial charge in [-0.1, -0.05) is 0 Å². The summed E-state index contributed by atoms with van der Waals surface area (Å²) in [5.74, 6) is 0.230. The van der Waals surface area contributed by atoms with Gasteiger partial charge in [-0.25, -0.2) is 4.79 Å². The number of amides is 1. The van der Waals surface area contributed by atoms with Crippen LogP contribution in [0.1, 0.15) is 25.7 Å². The number of hydrogen-bond donors (Lipinski definition) is 1. The van der Waals surface area contributed by atoms with E-state index >= 15 is 0 Å². The molecule has 0 aliphatic heterocycles. The van der Waals surface area contributed by atoms with E-state index in [1.165, 1.54) is 7.11 Å². The molecular formula is C10H19NO4. The number of primary amides is 1. The topological polar surface area (TPSA) is 70.8 Å². The quantitative estimate of drug-likeness (QED) is 0.719. The van der Waals surface area contributed by atoms with Crippen LogP contribution in [0.15, 0.2) is 0 Å². The highest BCUT2D eigenvalue weighted by atomic mass is 16.7. The molecule has 0 spiro atoms. The second kappa shape index (κ2) is 5.92. The molecule has 0 radical (unpaired) electrons. The highest BCUT2D eigenvalue weighted by Crippen LogP contribution is 2.29. The number of carbonyl (C=O) groups excluding carboxylic acids is 1. The minimum Gasteiger partial charge on any atom is -0.419 e. The van der Waals surface area contributed by atoms with E-state index in [1.54, 1.807) is 7.11 Å². The molecule has 1 aliphatic rings. The van der Waals surface area contributed by atoms with Gasteiger partial charge in [-0.05, 0) is 25.7 Å². The van der Waals surface area contributed by atoms with Gasteiger partial charge in [0.25, 0.3) is 0 Å². The van der Waals surface area contributed by atoms with Gasteiger partial charge in [0.2, 0.25) is 6.29 Å². The molecule has 1 aliphatic carbocycles. The van der Waals surface area contributed by atoms with Crippen molar-refractivity contribution in [3.63, 3.8) is 0 Å². The van der Waals surface area contributed by atoms with Gasteiger partial charge in [-0.2, -0.15) is 0 Å². The monoisotopic (exact) mass is 217 g/mol. The molecule has 1 fully saturated rings. The number of nitrogens with two attached hydrogens (primary N) is 1. The van der Waals surface area contributed by atoms with E-state index in [-0.39, 0.29) is 5.92 Å². The Balaban J connectivity index is 2.39. The van der Waals surface area contributed by atoms with Gasteiger partial charge in [0.15, 0.2) is 0 Å². The van der Waals surface area contributed by atoms with Crippen LogP contribution < -0.4 is 5.73 Å². The van der Waals surface area contributed by atoms with Crippen molar-refractivity contribution >= 4 is 6.09 Å². The van der Waals surface area contributed by atoms with Crippen LogP contribution in [0.4, 0.5) is 4.79 Å². The van der Waals surface area contributed by atoms with Crippen LogP contribution in [0.5, 0.6) is 0 Å². The Kier molecular flexibility index (Phi) is 4.84. The van der Waals surface area contributed by atoms with Crippen molar-refractivity contribution in [2.45, 2.75) is 38.1 Å². The summed E-state index contributed by atoms with van der Waals surface area (Å²) >= 11 is 0. The minimum atomic E-state index is -0.782. The van der Waals surface area contributed by atoms with Gasteiger partial charge in [-0.3, -0.25) is 0 Å². The Morgan fingerprint density at radius 3 is 2.27 bits per heavy atom. The van der Waals surface area contributed by atoms with Crippen LogP contribution in [0, 0.1) is 5.92 Å². The molecule has 0 heterocycles. The number of ether oxygens (including phenoxy) is 3. The Morgan fingerprint density at radius 2 is 1.87 bits per heavy atom. The minimum absolute atomic E-state index is 0.230. The summed E-state index contributed by atoms with van der Waals surface area (Å²) in [7, 11) is 3.24. The number of hydrogen-bond acceptors (Lipinski definition) is 4. The third-order valence-corrected chi connectivity index (χ3v) is 2.90. The fourth-order valence-electron chi connectivity index (χ4n) is 2.05. The van der Waals surface area contributed by atoms with E-state index in [1.807, 2.05) is 0 Å². The van der Waals surface area contributed by atoms with Crippen LogP contribution in [-0.2, 0) is 14.2 Å². The summed E-state index contributed by atoms with van der Waals surface area (Å²) in [6, 6.07) is 0. The molecule has 0 aromatic heterocycles. The van der Waals surface area contributed by atoms with Gasteiger partial charge in [0.05, 0.1) is 6.10 Å². The molecule has 1 amide bonds. The van der Waals surface area contributed by atoms with Gasteiger partial charge in [0.1, 0.15) is 0 Å². The Morgan fingerprint density at radius 1 is 1.27 bits per heavy atom. The first-order valence-corrected chi connectivity index (χ1v) is 5.19. The van der Waals surface area contributed by atoms with Crippen LogP contribution in [0.25, 0.3) is 0 Å². The summed E-state index contributed by atoms with van der Waals surface area (Å²) in [5, 5.41) is 0. The van der Waals surface area contributed by atoms with E-state index in [0.29, 0.717) is 6.10 Å². The lowest BCUT2D eigenvalue weighted by Gasteiger charge is -2.31. The van der Waals surface area contributed by atoms with E-state index in [2.05, 4.69) is 0 Å².